The Morgan fingerprint density at radius 1 is 1.29 bits per heavy atom. The minimum atomic E-state index is -0.403. The molecule has 0 aliphatic carbocycles. The lowest BCUT2D eigenvalue weighted by atomic mass is 10.0. The number of hydrogen-bond donors (Lipinski definition) is 1. The molecule has 0 bridgehead atoms. The maximum atomic E-state index is 13.2. The quantitative estimate of drug-likeness (QED) is 0.227. The SMILES string of the molecule is CCOC(=O)c1c(CSc2cccc(OC)c2)n(C)c2cc(Br)c(O)c(Cn3ccnc3C)c12. The van der Waals surface area contributed by atoms with Crippen molar-refractivity contribution >= 4 is 44.6 Å². The summed E-state index contributed by atoms with van der Waals surface area (Å²) in [5.41, 5.74) is 2.77. The number of hydrogen-bond acceptors (Lipinski definition) is 6. The molecular formula is C25H26BrN3O4S. The molecule has 0 aliphatic heterocycles. The fraction of sp³-hybridized carbons (Fsp3) is 0.280. The number of nitrogens with zero attached hydrogens (tertiary/aromatic N) is 3. The standard InChI is InChI=1S/C25H26BrN3O4S/c1-5-33-25(31)23-21(14-34-17-8-6-7-16(11-17)32-4)28(3)20-12-19(26)24(30)18(22(20)23)13-29-10-9-27-15(29)2/h6-12,30H,5,13-14H2,1-4H3. The maximum Gasteiger partial charge on any atom is 0.340 e. The number of methoxy groups -OCH3 is 1. The molecule has 1 N–H and O–H groups in total. The molecule has 2 aromatic heterocycles. The van der Waals surface area contributed by atoms with E-state index >= 15 is 0 Å². The molecule has 0 saturated heterocycles. The summed E-state index contributed by atoms with van der Waals surface area (Å²) in [4.78, 5) is 18.6. The molecule has 4 aromatic rings. The Bertz CT molecular complexity index is 1360. The minimum absolute atomic E-state index is 0.101. The number of carbonyl (C=O) groups is 1. The molecule has 4 rings (SSSR count). The number of phenols is 1. The van der Waals surface area contributed by atoms with Crippen LogP contribution in [-0.4, -0.2) is 38.9 Å². The highest BCUT2D eigenvalue weighted by Crippen LogP contribution is 2.41. The molecule has 0 spiro atoms. The van der Waals surface area contributed by atoms with Gasteiger partial charge in [0.25, 0.3) is 0 Å². The van der Waals surface area contributed by atoms with E-state index in [0.29, 0.717) is 33.3 Å². The second-order valence-corrected chi connectivity index (χ2v) is 9.65. The molecule has 0 radical (unpaired) electrons. The number of aryl methyl sites for hydroxylation is 2. The topological polar surface area (TPSA) is 78.5 Å². The lowest BCUT2D eigenvalue weighted by molar-refractivity contribution is 0.0527. The summed E-state index contributed by atoms with van der Waals surface area (Å²) >= 11 is 5.10. The van der Waals surface area contributed by atoms with Crippen LogP contribution in [0.1, 0.15) is 34.4 Å². The van der Waals surface area contributed by atoms with Crippen molar-refractivity contribution in [3.8, 4) is 11.5 Å². The van der Waals surface area contributed by atoms with Crippen LogP contribution in [0.5, 0.6) is 11.5 Å². The van der Waals surface area contributed by atoms with Crippen LogP contribution in [0.15, 0.2) is 52.1 Å². The number of benzene rings is 2. The molecule has 9 heteroatoms. The van der Waals surface area contributed by atoms with Crippen LogP contribution >= 0.6 is 27.7 Å². The van der Waals surface area contributed by atoms with E-state index in [2.05, 4.69) is 20.9 Å². The monoisotopic (exact) mass is 543 g/mol. The Labute approximate surface area is 210 Å². The Morgan fingerprint density at radius 3 is 2.76 bits per heavy atom. The molecule has 0 atom stereocenters. The van der Waals surface area contributed by atoms with Crippen LogP contribution in [0.4, 0.5) is 0 Å². The largest absolute Gasteiger partial charge is 0.506 e. The molecule has 178 valence electrons. The van der Waals surface area contributed by atoms with Crippen LogP contribution in [0, 0.1) is 6.92 Å². The third kappa shape index (κ3) is 4.54. The number of esters is 1. The number of aromatic nitrogens is 3. The van der Waals surface area contributed by atoms with Gasteiger partial charge < -0.3 is 23.7 Å². The Morgan fingerprint density at radius 2 is 2.09 bits per heavy atom. The summed E-state index contributed by atoms with van der Waals surface area (Å²) in [5, 5.41) is 11.7. The van der Waals surface area contributed by atoms with Gasteiger partial charge in [-0.15, -0.1) is 11.8 Å². The highest BCUT2D eigenvalue weighted by molar-refractivity contribution is 9.10. The highest BCUT2D eigenvalue weighted by Gasteiger charge is 2.27. The van der Waals surface area contributed by atoms with Crippen molar-refractivity contribution in [2.24, 2.45) is 7.05 Å². The van der Waals surface area contributed by atoms with Crippen molar-refractivity contribution in [3.05, 3.63) is 69.8 Å². The van der Waals surface area contributed by atoms with E-state index in [1.807, 2.05) is 59.6 Å². The number of rotatable bonds is 8. The van der Waals surface area contributed by atoms with Crippen LogP contribution in [0.3, 0.4) is 0 Å². The van der Waals surface area contributed by atoms with Gasteiger partial charge in [-0.25, -0.2) is 9.78 Å². The smallest absolute Gasteiger partial charge is 0.340 e. The molecule has 0 amide bonds. The predicted octanol–water partition coefficient (Wildman–Crippen LogP) is 5.68. The molecule has 0 unspecified atom stereocenters. The van der Waals surface area contributed by atoms with E-state index in [4.69, 9.17) is 9.47 Å². The van der Waals surface area contributed by atoms with E-state index in [9.17, 15) is 9.90 Å². The van der Waals surface area contributed by atoms with Gasteiger partial charge in [0, 0.05) is 46.7 Å². The first kappa shape index (κ1) is 24.2. The second kappa shape index (κ2) is 10.1. The van der Waals surface area contributed by atoms with E-state index < -0.39 is 5.97 Å². The number of ether oxygens (including phenoxy) is 2. The van der Waals surface area contributed by atoms with Gasteiger partial charge in [-0.3, -0.25) is 0 Å². The van der Waals surface area contributed by atoms with E-state index in [1.54, 1.807) is 32.0 Å². The van der Waals surface area contributed by atoms with Crippen molar-refractivity contribution in [1.29, 1.82) is 0 Å². The minimum Gasteiger partial charge on any atom is -0.506 e. The van der Waals surface area contributed by atoms with Crippen LogP contribution in [0.25, 0.3) is 10.9 Å². The highest BCUT2D eigenvalue weighted by atomic mass is 79.9. The zero-order valence-corrected chi connectivity index (χ0v) is 21.9. The third-order valence-electron chi connectivity index (χ3n) is 5.79. The molecule has 0 saturated carbocycles. The van der Waals surface area contributed by atoms with Gasteiger partial charge in [-0.05, 0) is 54.0 Å². The van der Waals surface area contributed by atoms with Crippen LogP contribution in [-0.2, 0) is 24.1 Å². The Balaban J connectivity index is 1.88. The fourth-order valence-electron chi connectivity index (χ4n) is 4.01. The molecular weight excluding hydrogens is 518 g/mol. The number of imidazole rings is 1. The number of aromatic hydroxyl groups is 1. The fourth-order valence-corrected chi connectivity index (χ4v) is 5.48. The Hall–Kier alpha value is -2.91. The molecule has 2 heterocycles. The molecule has 0 aliphatic rings. The summed E-state index contributed by atoms with van der Waals surface area (Å²) < 4.78 is 15.3. The normalized spacial score (nSPS) is 11.2. The van der Waals surface area contributed by atoms with Gasteiger partial charge in [0.15, 0.2) is 0 Å². The van der Waals surface area contributed by atoms with Crippen molar-refractivity contribution in [2.75, 3.05) is 13.7 Å². The number of fused-ring (bicyclic) bond motifs is 1. The van der Waals surface area contributed by atoms with Crippen molar-refractivity contribution in [3.63, 3.8) is 0 Å². The summed E-state index contributed by atoms with van der Waals surface area (Å²) in [6.07, 6.45) is 3.57. The average molecular weight is 544 g/mol. The van der Waals surface area contributed by atoms with Gasteiger partial charge in [0.2, 0.25) is 0 Å². The zero-order valence-electron chi connectivity index (χ0n) is 19.5. The summed E-state index contributed by atoms with van der Waals surface area (Å²) in [6, 6.07) is 9.66. The number of thioether (sulfide) groups is 1. The number of carbonyl (C=O) groups excluding carboxylic acids is 1. The third-order valence-corrected chi connectivity index (χ3v) is 7.40. The maximum absolute atomic E-state index is 13.2. The summed E-state index contributed by atoms with van der Waals surface area (Å²) in [6.45, 7) is 4.32. The molecule has 7 nitrogen and oxygen atoms in total. The average Bonchev–Trinajstić information content (AvgIpc) is 3.35. The summed E-state index contributed by atoms with van der Waals surface area (Å²) in [5.74, 6) is 1.83. The van der Waals surface area contributed by atoms with Crippen molar-refractivity contribution < 1.29 is 19.4 Å². The first-order valence-corrected chi connectivity index (χ1v) is 12.6. The van der Waals surface area contributed by atoms with E-state index in [0.717, 1.165) is 27.7 Å². The first-order valence-electron chi connectivity index (χ1n) is 10.8. The number of phenolic OH excluding ortho intramolecular Hbond substituents is 1. The second-order valence-electron chi connectivity index (χ2n) is 7.75. The van der Waals surface area contributed by atoms with Crippen molar-refractivity contribution in [1.82, 2.24) is 14.1 Å². The van der Waals surface area contributed by atoms with E-state index in [-0.39, 0.29) is 12.4 Å². The molecule has 0 fully saturated rings. The Kier molecular flexibility index (Phi) is 7.23. The lowest BCUT2D eigenvalue weighted by Gasteiger charge is -2.12. The summed E-state index contributed by atoms with van der Waals surface area (Å²) in [7, 11) is 3.57. The molecule has 34 heavy (non-hydrogen) atoms. The number of halogens is 1. The zero-order chi connectivity index (χ0) is 24.4. The van der Waals surface area contributed by atoms with Crippen LogP contribution in [0.2, 0.25) is 0 Å². The molecule has 2 aromatic carbocycles. The first-order chi connectivity index (χ1) is 16.3. The van der Waals surface area contributed by atoms with Crippen LogP contribution < -0.4 is 4.74 Å². The van der Waals surface area contributed by atoms with Gasteiger partial charge in [-0.2, -0.15) is 0 Å². The van der Waals surface area contributed by atoms with Crippen molar-refractivity contribution in [2.45, 2.75) is 31.0 Å². The predicted molar refractivity (Wildman–Crippen MR) is 137 cm³/mol. The van der Waals surface area contributed by atoms with Gasteiger partial charge in [0.1, 0.15) is 17.3 Å². The van der Waals surface area contributed by atoms with E-state index in [1.165, 1.54) is 0 Å². The van der Waals surface area contributed by atoms with Gasteiger partial charge in [0.05, 0.1) is 35.8 Å². The van der Waals surface area contributed by atoms with Gasteiger partial charge in [-0.1, -0.05) is 6.07 Å². The lowest BCUT2D eigenvalue weighted by Crippen LogP contribution is -2.09. The van der Waals surface area contributed by atoms with Gasteiger partial charge >= 0.3 is 5.97 Å².